The maximum Gasteiger partial charge on any atom is 0.416 e. The Balaban J connectivity index is 1.15. The normalized spacial score (nSPS) is 18.0. The van der Waals surface area contributed by atoms with E-state index in [0.29, 0.717) is 55.1 Å². The largest absolute Gasteiger partial charge is 0.455 e. The van der Waals surface area contributed by atoms with Gasteiger partial charge in [0.1, 0.15) is 11.6 Å². The maximum atomic E-state index is 13.1. The van der Waals surface area contributed by atoms with Gasteiger partial charge in [-0.15, -0.1) is 0 Å². The molecule has 208 valence electrons. The van der Waals surface area contributed by atoms with Gasteiger partial charge in [0, 0.05) is 56.8 Å². The molecule has 2 aliphatic heterocycles. The van der Waals surface area contributed by atoms with Crippen molar-refractivity contribution in [3.63, 3.8) is 0 Å². The van der Waals surface area contributed by atoms with Crippen LogP contribution in [0.2, 0.25) is 0 Å². The fraction of sp³-hybridized carbons (Fsp3) is 0.444. The molecule has 2 saturated heterocycles. The van der Waals surface area contributed by atoms with E-state index in [1.165, 1.54) is 23.9 Å². The number of nitrogens with one attached hydrogen (secondary N) is 1. The number of anilines is 2. The van der Waals surface area contributed by atoms with E-state index in [0.717, 1.165) is 37.0 Å². The fourth-order valence-electron chi connectivity index (χ4n) is 4.64. The number of ether oxygens (including phenoxy) is 1. The van der Waals surface area contributed by atoms with Gasteiger partial charge in [-0.1, -0.05) is 17.8 Å². The van der Waals surface area contributed by atoms with Crippen molar-refractivity contribution >= 4 is 29.2 Å². The van der Waals surface area contributed by atoms with Gasteiger partial charge in [0.15, 0.2) is 10.9 Å². The van der Waals surface area contributed by atoms with E-state index in [1.807, 2.05) is 17.9 Å². The molecule has 1 unspecified atom stereocenters. The van der Waals surface area contributed by atoms with E-state index in [2.05, 4.69) is 15.2 Å². The first kappa shape index (κ1) is 27.3. The number of rotatable bonds is 8. The monoisotopic (exact) mass is 561 g/mol. The molecule has 5 rings (SSSR count). The zero-order valence-corrected chi connectivity index (χ0v) is 22.4. The lowest BCUT2D eigenvalue weighted by Gasteiger charge is -2.37. The molecule has 2 aliphatic rings. The first-order valence-electron chi connectivity index (χ1n) is 12.9. The Morgan fingerprint density at radius 2 is 1.90 bits per heavy atom. The van der Waals surface area contributed by atoms with Crippen LogP contribution in [0.25, 0.3) is 0 Å². The minimum absolute atomic E-state index is 0.0650. The number of halogens is 3. The highest BCUT2D eigenvalue weighted by atomic mass is 32.2. The highest BCUT2D eigenvalue weighted by molar-refractivity contribution is 7.98. The average molecular weight is 562 g/mol. The molecule has 39 heavy (non-hydrogen) atoms. The van der Waals surface area contributed by atoms with E-state index in [-0.39, 0.29) is 17.8 Å². The Kier molecular flexibility index (Phi) is 8.31. The van der Waals surface area contributed by atoms with Gasteiger partial charge in [-0.25, -0.2) is 9.97 Å². The van der Waals surface area contributed by atoms with Crippen molar-refractivity contribution in [1.29, 1.82) is 0 Å². The smallest absolute Gasteiger partial charge is 0.416 e. The molecule has 1 atom stereocenters. The van der Waals surface area contributed by atoms with Gasteiger partial charge >= 0.3 is 6.18 Å². The third-order valence-electron chi connectivity index (χ3n) is 6.71. The van der Waals surface area contributed by atoms with Gasteiger partial charge in [0.2, 0.25) is 0 Å². The summed E-state index contributed by atoms with van der Waals surface area (Å²) in [6.07, 6.45) is -2.33. The SMILES string of the molecule is Cc1cc(N2CCN(c3cccc(C(F)(F)F)c3)CC2)nc(SCc2ccc(C(=O)NCC3CCCO3)o2)n1. The van der Waals surface area contributed by atoms with Crippen LogP contribution in [0.1, 0.15) is 40.4 Å². The number of furan rings is 1. The highest BCUT2D eigenvalue weighted by Gasteiger charge is 2.31. The van der Waals surface area contributed by atoms with Crippen LogP contribution >= 0.6 is 11.8 Å². The first-order chi connectivity index (χ1) is 18.7. The van der Waals surface area contributed by atoms with Crippen LogP contribution in [0.3, 0.4) is 0 Å². The number of thioether (sulfide) groups is 1. The summed E-state index contributed by atoms with van der Waals surface area (Å²) in [5.74, 6) is 1.88. The molecule has 2 aromatic heterocycles. The van der Waals surface area contributed by atoms with E-state index in [9.17, 15) is 18.0 Å². The molecule has 0 aliphatic carbocycles. The van der Waals surface area contributed by atoms with E-state index >= 15 is 0 Å². The van der Waals surface area contributed by atoms with Gasteiger partial charge in [-0.2, -0.15) is 13.2 Å². The molecule has 0 bridgehead atoms. The summed E-state index contributed by atoms with van der Waals surface area (Å²) in [6.45, 7) is 5.52. The lowest BCUT2D eigenvalue weighted by atomic mass is 10.1. The van der Waals surface area contributed by atoms with Crippen LogP contribution in [0.15, 0.2) is 52.0 Å². The number of nitrogens with zero attached hydrogens (tertiary/aromatic N) is 4. The molecule has 2 fully saturated rings. The molecule has 3 aromatic rings. The maximum absolute atomic E-state index is 13.1. The Morgan fingerprint density at radius 1 is 1.10 bits per heavy atom. The standard InChI is InChI=1S/C27H30F3N5O3S/c1-18-14-24(35-11-9-34(10-12-35)20-5-2-4-19(15-20)27(28,29)30)33-26(32-18)39-17-22-7-8-23(38-22)25(36)31-16-21-6-3-13-37-21/h2,4-5,7-8,14-15,21H,3,6,9-13,16-17H2,1H3,(H,31,36). The summed E-state index contributed by atoms with van der Waals surface area (Å²) in [4.78, 5) is 25.7. The number of hydrogen-bond donors (Lipinski definition) is 1. The summed E-state index contributed by atoms with van der Waals surface area (Å²) in [7, 11) is 0. The molecular formula is C27H30F3N5O3S. The van der Waals surface area contributed by atoms with Gasteiger partial charge in [-0.05, 0) is 50.1 Å². The zero-order chi connectivity index (χ0) is 27.4. The van der Waals surface area contributed by atoms with Crippen LogP contribution in [-0.4, -0.2) is 61.3 Å². The lowest BCUT2D eigenvalue weighted by Crippen LogP contribution is -2.47. The van der Waals surface area contributed by atoms with Crippen LogP contribution < -0.4 is 15.1 Å². The van der Waals surface area contributed by atoms with Crippen molar-refractivity contribution in [3.8, 4) is 0 Å². The average Bonchev–Trinajstić information content (AvgIpc) is 3.63. The predicted octanol–water partition coefficient (Wildman–Crippen LogP) is 4.92. The number of alkyl halides is 3. The minimum atomic E-state index is -4.36. The Hall–Kier alpha value is -3.25. The van der Waals surface area contributed by atoms with Crippen molar-refractivity contribution < 1.29 is 27.1 Å². The number of piperazine rings is 1. The Bertz CT molecular complexity index is 1290. The third kappa shape index (κ3) is 7.04. The summed E-state index contributed by atoms with van der Waals surface area (Å²) >= 11 is 1.41. The number of carbonyl (C=O) groups excluding carboxylic acids is 1. The second-order valence-electron chi connectivity index (χ2n) is 9.57. The number of hydrogen-bond acceptors (Lipinski definition) is 8. The zero-order valence-electron chi connectivity index (χ0n) is 21.5. The number of amides is 1. The Morgan fingerprint density at radius 3 is 2.64 bits per heavy atom. The van der Waals surface area contributed by atoms with Crippen molar-refractivity contribution in [2.24, 2.45) is 0 Å². The molecule has 1 aromatic carbocycles. The van der Waals surface area contributed by atoms with Crippen molar-refractivity contribution in [2.45, 2.75) is 43.0 Å². The fourth-order valence-corrected chi connectivity index (χ4v) is 5.43. The van der Waals surface area contributed by atoms with Crippen molar-refractivity contribution in [1.82, 2.24) is 15.3 Å². The Labute approximate surface area is 228 Å². The quantitative estimate of drug-likeness (QED) is 0.307. The van der Waals surface area contributed by atoms with Crippen LogP contribution in [0.5, 0.6) is 0 Å². The first-order valence-corrected chi connectivity index (χ1v) is 13.9. The number of aromatic nitrogens is 2. The molecule has 0 spiro atoms. The molecule has 0 saturated carbocycles. The molecule has 8 nitrogen and oxygen atoms in total. The second-order valence-corrected chi connectivity index (χ2v) is 10.5. The minimum Gasteiger partial charge on any atom is -0.455 e. The van der Waals surface area contributed by atoms with Crippen molar-refractivity contribution in [2.75, 3.05) is 49.1 Å². The molecule has 0 radical (unpaired) electrons. The summed E-state index contributed by atoms with van der Waals surface area (Å²) in [5.41, 5.74) is 0.743. The number of carbonyl (C=O) groups is 1. The molecule has 12 heteroatoms. The molecule has 1 N–H and O–H groups in total. The third-order valence-corrected chi connectivity index (χ3v) is 7.58. The van der Waals surface area contributed by atoms with Gasteiger partial charge < -0.3 is 24.3 Å². The van der Waals surface area contributed by atoms with Crippen LogP contribution in [0.4, 0.5) is 24.7 Å². The summed E-state index contributed by atoms with van der Waals surface area (Å²) in [5, 5.41) is 3.44. The predicted molar refractivity (Wildman–Crippen MR) is 142 cm³/mol. The molecule has 4 heterocycles. The van der Waals surface area contributed by atoms with Gasteiger partial charge in [-0.3, -0.25) is 4.79 Å². The second kappa shape index (κ2) is 11.9. The van der Waals surface area contributed by atoms with Gasteiger partial charge in [0.25, 0.3) is 5.91 Å². The highest BCUT2D eigenvalue weighted by Crippen LogP contribution is 2.32. The molecular weight excluding hydrogens is 531 g/mol. The van der Waals surface area contributed by atoms with Crippen LogP contribution in [-0.2, 0) is 16.7 Å². The molecule has 1 amide bonds. The summed E-state index contributed by atoms with van der Waals surface area (Å²) < 4.78 is 50.6. The van der Waals surface area contributed by atoms with Crippen LogP contribution in [0, 0.1) is 6.92 Å². The number of benzene rings is 1. The van der Waals surface area contributed by atoms with E-state index < -0.39 is 11.7 Å². The lowest BCUT2D eigenvalue weighted by molar-refractivity contribution is -0.137. The summed E-state index contributed by atoms with van der Waals surface area (Å²) in [6, 6.07) is 10.8. The van der Waals surface area contributed by atoms with E-state index in [1.54, 1.807) is 18.2 Å². The van der Waals surface area contributed by atoms with Gasteiger partial charge in [0.05, 0.1) is 17.4 Å². The topological polar surface area (TPSA) is 83.7 Å². The number of aryl methyl sites for hydroxylation is 1. The van der Waals surface area contributed by atoms with Crippen molar-refractivity contribution in [3.05, 3.63) is 65.2 Å². The van der Waals surface area contributed by atoms with E-state index in [4.69, 9.17) is 14.1 Å².